The van der Waals surface area contributed by atoms with Crippen molar-refractivity contribution in [2.75, 3.05) is 11.9 Å². The zero-order valence-electron chi connectivity index (χ0n) is 22.6. The number of hydrogen-bond acceptors (Lipinski definition) is 4. The highest BCUT2D eigenvalue weighted by atomic mass is 32.1. The fourth-order valence-corrected chi connectivity index (χ4v) is 5.77. The van der Waals surface area contributed by atoms with Gasteiger partial charge in [0.1, 0.15) is 0 Å². The van der Waals surface area contributed by atoms with Gasteiger partial charge in [-0.2, -0.15) is 0 Å². The molecule has 2 aromatic heterocycles. The number of carboxylic acid groups (broad SMARTS) is 1. The maximum Gasteiger partial charge on any atom is 0.337 e. The van der Waals surface area contributed by atoms with Crippen LogP contribution in [0.1, 0.15) is 57.1 Å². The summed E-state index contributed by atoms with van der Waals surface area (Å²) >= 11 is 5.80. The molecule has 3 heterocycles. The van der Waals surface area contributed by atoms with E-state index in [2.05, 4.69) is 21.7 Å². The van der Waals surface area contributed by atoms with E-state index in [4.69, 9.17) is 12.2 Å². The molecule has 1 saturated heterocycles. The molecule has 0 spiro atoms. The quantitative estimate of drug-likeness (QED) is 0.248. The van der Waals surface area contributed by atoms with Gasteiger partial charge < -0.3 is 25.2 Å². The van der Waals surface area contributed by atoms with Gasteiger partial charge in [-0.15, -0.1) is 0 Å². The molecule has 0 saturated carbocycles. The molecule has 204 valence electrons. The van der Waals surface area contributed by atoms with Crippen LogP contribution in [0.3, 0.4) is 0 Å². The summed E-state index contributed by atoms with van der Waals surface area (Å²) in [7, 11) is 0. The van der Waals surface area contributed by atoms with E-state index in [-0.39, 0.29) is 30.0 Å². The van der Waals surface area contributed by atoms with Crippen molar-refractivity contribution < 1.29 is 14.7 Å². The summed E-state index contributed by atoms with van der Waals surface area (Å²) in [5.41, 5.74) is 6.23. The summed E-state index contributed by atoms with van der Waals surface area (Å²) in [5, 5.41) is 16.8. The third-order valence-electron chi connectivity index (χ3n) is 7.36. The first kappa shape index (κ1) is 27.1. The van der Waals surface area contributed by atoms with Crippen molar-refractivity contribution in [3.63, 3.8) is 0 Å². The predicted molar refractivity (Wildman–Crippen MR) is 159 cm³/mol. The zero-order chi connectivity index (χ0) is 28.4. The van der Waals surface area contributed by atoms with Crippen LogP contribution in [-0.4, -0.2) is 43.1 Å². The van der Waals surface area contributed by atoms with Gasteiger partial charge in [0.15, 0.2) is 5.11 Å². The Labute approximate surface area is 238 Å². The molecule has 0 radical (unpaired) electrons. The van der Waals surface area contributed by atoms with E-state index in [9.17, 15) is 14.7 Å². The number of aromatic carboxylic acids is 1. The molecular weight excluding hydrogens is 522 g/mol. The summed E-state index contributed by atoms with van der Waals surface area (Å²) in [6, 6.07) is 22.0. The van der Waals surface area contributed by atoms with Gasteiger partial charge in [0, 0.05) is 36.2 Å². The molecule has 5 rings (SSSR count). The first-order chi connectivity index (χ1) is 19.3. The van der Waals surface area contributed by atoms with Crippen LogP contribution in [0, 0.1) is 20.8 Å². The summed E-state index contributed by atoms with van der Waals surface area (Å²) in [6.07, 6.45) is 1.99. The van der Waals surface area contributed by atoms with Crippen LogP contribution >= 0.6 is 12.2 Å². The van der Waals surface area contributed by atoms with E-state index in [1.54, 1.807) is 18.3 Å². The van der Waals surface area contributed by atoms with Crippen LogP contribution < -0.4 is 10.6 Å². The third kappa shape index (κ3) is 5.20. The minimum atomic E-state index is -0.985. The number of benzene rings is 2. The standard InChI is InChI=1S/C31H31N5O3S/c1-19-10-4-6-12-24(19)33-27(37)15-17-35-29(28(34-31(35)40)25-13-8-9-16-32-25)23-18-20(2)36(21(23)3)26-14-7-5-11-22(26)30(38)39/h4-14,16,18,28-29H,15,17H2,1-3H3,(H,33,37)(H,34,40)(H,38,39)/t28-,29-/m0/s1. The number of hydrogen-bond donors (Lipinski definition) is 3. The van der Waals surface area contributed by atoms with E-state index in [1.807, 2.05) is 84.8 Å². The maximum atomic E-state index is 13.0. The molecular formula is C31H31N5O3S. The van der Waals surface area contributed by atoms with E-state index < -0.39 is 5.97 Å². The van der Waals surface area contributed by atoms with Gasteiger partial charge in [-0.05, 0) is 80.5 Å². The number of nitrogens with zero attached hydrogens (tertiary/aromatic N) is 3. The molecule has 40 heavy (non-hydrogen) atoms. The van der Waals surface area contributed by atoms with Crippen LogP contribution in [0.15, 0.2) is 79.0 Å². The SMILES string of the molecule is Cc1ccccc1NC(=O)CCN1C(=S)N[C@@H](c2ccccn2)[C@@H]1c1cc(C)n(-c2ccccc2C(=O)O)c1C. The van der Waals surface area contributed by atoms with Gasteiger partial charge in [0.25, 0.3) is 0 Å². The number of thiocarbonyl (C=S) groups is 1. The Bertz CT molecular complexity index is 1580. The molecule has 0 unspecified atom stereocenters. The van der Waals surface area contributed by atoms with Crippen molar-refractivity contribution in [1.82, 2.24) is 19.8 Å². The maximum absolute atomic E-state index is 13.0. The average molecular weight is 554 g/mol. The highest BCUT2D eigenvalue weighted by Crippen LogP contribution is 2.41. The average Bonchev–Trinajstić information content (AvgIpc) is 3.43. The van der Waals surface area contributed by atoms with E-state index >= 15 is 0 Å². The highest BCUT2D eigenvalue weighted by molar-refractivity contribution is 7.80. The Balaban J connectivity index is 1.51. The lowest BCUT2D eigenvalue weighted by Crippen LogP contribution is -2.33. The normalized spacial score (nSPS) is 16.6. The zero-order valence-corrected chi connectivity index (χ0v) is 23.4. The van der Waals surface area contributed by atoms with Crippen LogP contribution in [0.4, 0.5) is 5.69 Å². The Morgan fingerprint density at radius 3 is 2.48 bits per heavy atom. The second-order valence-electron chi connectivity index (χ2n) is 9.92. The molecule has 2 aromatic carbocycles. The predicted octanol–water partition coefficient (Wildman–Crippen LogP) is 5.50. The van der Waals surface area contributed by atoms with Crippen LogP contribution in [0.2, 0.25) is 0 Å². The number of pyridine rings is 1. The fourth-order valence-electron chi connectivity index (χ4n) is 5.44. The molecule has 0 aliphatic carbocycles. The number of para-hydroxylation sites is 2. The molecule has 1 amide bonds. The Morgan fingerprint density at radius 2 is 1.75 bits per heavy atom. The Kier molecular flexibility index (Phi) is 7.66. The van der Waals surface area contributed by atoms with Crippen molar-refractivity contribution in [3.8, 4) is 5.69 Å². The van der Waals surface area contributed by atoms with Gasteiger partial charge in [0.05, 0.1) is 29.0 Å². The lowest BCUT2D eigenvalue weighted by atomic mass is 9.96. The van der Waals surface area contributed by atoms with Crippen LogP contribution in [-0.2, 0) is 4.79 Å². The largest absolute Gasteiger partial charge is 0.478 e. The lowest BCUT2D eigenvalue weighted by Gasteiger charge is -2.28. The van der Waals surface area contributed by atoms with E-state index in [0.717, 1.165) is 33.9 Å². The highest BCUT2D eigenvalue weighted by Gasteiger charge is 2.41. The summed E-state index contributed by atoms with van der Waals surface area (Å²) in [4.78, 5) is 31.6. The molecule has 1 fully saturated rings. The number of carboxylic acids is 1. The number of aromatic nitrogens is 2. The van der Waals surface area contributed by atoms with E-state index in [0.29, 0.717) is 17.3 Å². The smallest absolute Gasteiger partial charge is 0.337 e. The van der Waals surface area contributed by atoms with Crippen LogP contribution in [0.25, 0.3) is 5.69 Å². The van der Waals surface area contributed by atoms with Gasteiger partial charge >= 0.3 is 5.97 Å². The molecule has 4 aromatic rings. The number of carbonyl (C=O) groups is 2. The summed E-state index contributed by atoms with van der Waals surface area (Å²) in [5.74, 6) is -1.08. The van der Waals surface area contributed by atoms with Gasteiger partial charge in [-0.1, -0.05) is 36.4 Å². The number of carbonyl (C=O) groups excluding carboxylic acids is 1. The minimum absolute atomic E-state index is 0.0991. The Morgan fingerprint density at radius 1 is 1.02 bits per heavy atom. The first-order valence-electron chi connectivity index (χ1n) is 13.1. The minimum Gasteiger partial charge on any atom is -0.478 e. The molecule has 1 aliphatic heterocycles. The second-order valence-corrected chi connectivity index (χ2v) is 10.3. The van der Waals surface area contributed by atoms with Crippen molar-refractivity contribution in [2.45, 2.75) is 39.3 Å². The molecule has 1 aliphatic rings. The molecule has 0 bridgehead atoms. The fraction of sp³-hybridized carbons (Fsp3) is 0.226. The van der Waals surface area contributed by atoms with Crippen LogP contribution in [0.5, 0.6) is 0 Å². The van der Waals surface area contributed by atoms with Crippen molar-refractivity contribution in [1.29, 1.82) is 0 Å². The van der Waals surface area contributed by atoms with E-state index in [1.165, 1.54) is 0 Å². The monoisotopic (exact) mass is 553 g/mol. The van der Waals surface area contributed by atoms with Crippen molar-refractivity contribution in [2.24, 2.45) is 0 Å². The van der Waals surface area contributed by atoms with Gasteiger partial charge in [-0.3, -0.25) is 9.78 Å². The third-order valence-corrected chi connectivity index (χ3v) is 7.71. The molecule has 2 atom stereocenters. The molecule has 3 N–H and O–H groups in total. The molecule has 9 heteroatoms. The first-order valence-corrected chi connectivity index (χ1v) is 13.5. The number of amides is 1. The lowest BCUT2D eigenvalue weighted by molar-refractivity contribution is -0.116. The number of rotatable bonds is 8. The van der Waals surface area contributed by atoms with Gasteiger partial charge in [-0.25, -0.2) is 4.79 Å². The number of nitrogens with one attached hydrogen (secondary N) is 2. The second kappa shape index (κ2) is 11.3. The number of aryl methyl sites for hydroxylation is 2. The molecule has 8 nitrogen and oxygen atoms in total. The Hall–Kier alpha value is -4.50. The topological polar surface area (TPSA) is 99.5 Å². The summed E-state index contributed by atoms with van der Waals surface area (Å²) in [6.45, 7) is 6.31. The van der Waals surface area contributed by atoms with Gasteiger partial charge in [0.2, 0.25) is 5.91 Å². The van der Waals surface area contributed by atoms with Crippen molar-refractivity contribution in [3.05, 3.63) is 113 Å². The summed E-state index contributed by atoms with van der Waals surface area (Å²) < 4.78 is 1.97. The van der Waals surface area contributed by atoms with Crippen molar-refractivity contribution >= 4 is 34.9 Å². The number of anilines is 1.